The van der Waals surface area contributed by atoms with Gasteiger partial charge in [-0.15, -0.1) is 11.3 Å². The summed E-state index contributed by atoms with van der Waals surface area (Å²) in [6.07, 6.45) is -0.283. The monoisotopic (exact) mass is 424 g/mol. The second kappa shape index (κ2) is 8.81. The van der Waals surface area contributed by atoms with Gasteiger partial charge in [-0.25, -0.2) is 9.97 Å². The van der Waals surface area contributed by atoms with Gasteiger partial charge in [0.2, 0.25) is 0 Å². The highest BCUT2D eigenvalue weighted by Crippen LogP contribution is 2.27. The SMILES string of the molecule is COc1cccc(C(=O)N2CCOC(c3cccc(Nc4nc(C)c(C)s4)n3)C2)c1. The molecule has 0 bridgehead atoms. The maximum Gasteiger partial charge on any atom is 0.254 e. The van der Waals surface area contributed by atoms with Crippen LogP contribution in [-0.4, -0.2) is 47.6 Å². The number of anilines is 2. The summed E-state index contributed by atoms with van der Waals surface area (Å²) in [5.74, 6) is 1.34. The molecule has 156 valence electrons. The van der Waals surface area contributed by atoms with Crippen molar-refractivity contribution in [3.63, 3.8) is 0 Å². The van der Waals surface area contributed by atoms with Crippen molar-refractivity contribution in [1.29, 1.82) is 0 Å². The minimum absolute atomic E-state index is 0.0368. The number of rotatable bonds is 5. The second-order valence-electron chi connectivity index (χ2n) is 7.08. The summed E-state index contributed by atoms with van der Waals surface area (Å²) in [7, 11) is 1.59. The zero-order chi connectivity index (χ0) is 21.1. The van der Waals surface area contributed by atoms with Crippen LogP contribution >= 0.6 is 11.3 Å². The number of benzene rings is 1. The summed E-state index contributed by atoms with van der Waals surface area (Å²) in [4.78, 5) is 25.1. The normalized spacial score (nSPS) is 16.4. The lowest BCUT2D eigenvalue weighted by atomic mass is 10.1. The van der Waals surface area contributed by atoms with Crippen LogP contribution in [0.15, 0.2) is 42.5 Å². The van der Waals surface area contributed by atoms with Gasteiger partial charge in [-0.05, 0) is 44.2 Å². The van der Waals surface area contributed by atoms with Crippen molar-refractivity contribution >= 4 is 28.2 Å². The quantitative estimate of drug-likeness (QED) is 0.664. The number of pyridine rings is 1. The van der Waals surface area contributed by atoms with Crippen LogP contribution in [0.2, 0.25) is 0 Å². The number of amides is 1. The van der Waals surface area contributed by atoms with Crippen LogP contribution in [0.5, 0.6) is 5.75 Å². The summed E-state index contributed by atoms with van der Waals surface area (Å²) in [5, 5.41) is 4.08. The molecule has 2 aromatic heterocycles. The summed E-state index contributed by atoms with van der Waals surface area (Å²) in [5.41, 5.74) is 2.40. The standard InChI is InChI=1S/C22H24N4O3S/c1-14-15(2)30-22(23-14)25-20-9-5-8-18(24-20)19-13-26(10-11-29-19)21(27)16-6-4-7-17(12-16)28-3/h4-9,12,19H,10-11,13H2,1-3H3,(H,23,24,25). The van der Waals surface area contributed by atoms with Crippen LogP contribution in [0, 0.1) is 13.8 Å². The molecule has 1 amide bonds. The summed E-state index contributed by atoms with van der Waals surface area (Å²) in [6.45, 7) is 5.49. The van der Waals surface area contributed by atoms with Gasteiger partial charge in [0, 0.05) is 17.0 Å². The van der Waals surface area contributed by atoms with Gasteiger partial charge in [-0.2, -0.15) is 0 Å². The van der Waals surface area contributed by atoms with Gasteiger partial charge < -0.3 is 19.7 Å². The Bertz CT molecular complexity index is 1030. The molecular weight excluding hydrogens is 400 g/mol. The second-order valence-corrected chi connectivity index (χ2v) is 8.28. The molecule has 0 radical (unpaired) electrons. The molecule has 1 unspecified atom stereocenters. The number of hydrogen-bond donors (Lipinski definition) is 1. The Balaban J connectivity index is 1.48. The van der Waals surface area contributed by atoms with E-state index in [0.717, 1.165) is 16.5 Å². The van der Waals surface area contributed by atoms with Gasteiger partial charge >= 0.3 is 0 Å². The zero-order valence-electron chi connectivity index (χ0n) is 17.2. The van der Waals surface area contributed by atoms with E-state index in [9.17, 15) is 4.79 Å². The van der Waals surface area contributed by atoms with Crippen LogP contribution in [0.1, 0.15) is 32.7 Å². The fraction of sp³-hybridized carbons (Fsp3) is 0.318. The lowest BCUT2D eigenvalue weighted by molar-refractivity contribution is -0.0246. The van der Waals surface area contributed by atoms with E-state index >= 15 is 0 Å². The maximum atomic E-state index is 13.0. The Hall–Kier alpha value is -2.97. The van der Waals surface area contributed by atoms with E-state index < -0.39 is 0 Å². The zero-order valence-corrected chi connectivity index (χ0v) is 18.0. The van der Waals surface area contributed by atoms with Crippen molar-refractivity contribution in [2.24, 2.45) is 0 Å². The highest BCUT2D eigenvalue weighted by molar-refractivity contribution is 7.15. The lowest BCUT2D eigenvalue weighted by Gasteiger charge is -2.33. The van der Waals surface area contributed by atoms with E-state index in [1.165, 1.54) is 4.88 Å². The van der Waals surface area contributed by atoms with E-state index in [1.54, 1.807) is 35.5 Å². The molecule has 3 aromatic rings. The summed E-state index contributed by atoms with van der Waals surface area (Å²) < 4.78 is 11.2. The fourth-order valence-electron chi connectivity index (χ4n) is 3.29. The largest absolute Gasteiger partial charge is 0.497 e. The third kappa shape index (κ3) is 4.44. The molecule has 0 spiro atoms. The van der Waals surface area contributed by atoms with E-state index in [1.807, 2.05) is 44.2 Å². The molecule has 8 heteroatoms. The Morgan fingerprint density at radius 1 is 1.23 bits per heavy atom. The van der Waals surface area contributed by atoms with Crippen LogP contribution in [0.25, 0.3) is 0 Å². The van der Waals surface area contributed by atoms with Crippen LogP contribution < -0.4 is 10.1 Å². The van der Waals surface area contributed by atoms with E-state index in [0.29, 0.717) is 36.8 Å². The van der Waals surface area contributed by atoms with E-state index in [-0.39, 0.29) is 12.0 Å². The molecule has 1 aromatic carbocycles. The van der Waals surface area contributed by atoms with Crippen molar-refractivity contribution in [2.45, 2.75) is 20.0 Å². The third-order valence-corrected chi connectivity index (χ3v) is 6.02. The Labute approximate surface area is 179 Å². The first-order chi connectivity index (χ1) is 14.5. The molecule has 30 heavy (non-hydrogen) atoms. The highest BCUT2D eigenvalue weighted by atomic mass is 32.1. The van der Waals surface area contributed by atoms with Gasteiger partial charge in [0.15, 0.2) is 5.13 Å². The Kier molecular flexibility index (Phi) is 5.96. The van der Waals surface area contributed by atoms with Crippen LogP contribution in [0.4, 0.5) is 10.9 Å². The molecule has 7 nitrogen and oxygen atoms in total. The van der Waals surface area contributed by atoms with Gasteiger partial charge in [-0.3, -0.25) is 4.79 Å². The first-order valence-electron chi connectivity index (χ1n) is 9.76. The Morgan fingerprint density at radius 2 is 2.07 bits per heavy atom. The molecule has 1 N–H and O–H groups in total. The average molecular weight is 425 g/mol. The summed E-state index contributed by atoms with van der Waals surface area (Å²) in [6, 6.07) is 13.0. The smallest absolute Gasteiger partial charge is 0.254 e. The Morgan fingerprint density at radius 3 is 2.83 bits per heavy atom. The first kappa shape index (κ1) is 20.3. The van der Waals surface area contributed by atoms with Gasteiger partial charge in [0.1, 0.15) is 17.7 Å². The molecule has 1 aliphatic heterocycles. The highest BCUT2D eigenvalue weighted by Gasteiger charge is 2.27. The fourth-order valence-corrected chi connectivity index (χ4v) is 4.11. The molecule has 1 fully saturated rings. The number of carbonyl (C=O) groups excluding carboxylic acids is 1. The predicted octanol–water partition coefficient (Wildman–Crippen LogP) is 4.12. The number of aromatic nitrogens is 2. The minimum Gasteiger partial charge on any atom is -0.497 e. The number of thiazole rings is 1. The number of nitrogens with one attached hydrogen (secondary N) is 1. The van der Waals surface area contributed by atoms with Crippen molar-refractivity contribution in [1.82, 2.24) is 14.9 Å². The summed E-state index contributed by atoms with van der Waals surface area (Å²) >= 11 is 1.60. The van der Waals surface area contributed by atoms with Crippen molar-refractivity contribution in [3.05, 3.63) is 64.3 Å². The van der Waals surface area contributed by atoms with E-state index in [4.69, 9.17) is 14.5 Å². The molecule has 1 aliphatic rings. The molecular formula is C22H24N4O3S. The van der Waals surface area contributed by atoms with Gasteiger partial charge in [0.05, 0.1) is 31.6 Å². The molecule has 1 saturated heterocycles. The molecule has 4 rings (SSSR count). The number of carbonyl (C=O) groups is 1. The number of methoxy groups -OCH3 is 1. The topological polar surface area (TPSA) is 76.6 Å². The average Bonchev–Trinajstić information content (AvgIpc) is 3.10. The number of aryl methyl sites for hydroxylation is 2. The first-order valence-corrected chi connectivity index (χ1v) is 10.6. The maximum absolute atomic E-state index is 13.0. The minimum atomic E-state index is -0.283. The molecule has 0 aliphatic carbocycles. The van der Waals surface area contributed by atoms with Crippen molar-refractivity contribution in [3.8, 4) is 5.75 Å². The van der Waals surface area contributed by atoms with Crippen molar-refractivity contribution < 1.29 is 14.3 Å². The number of ether oxygens (including phenoxy) is 2. The van der Waals surface area contributed by atoms with Gasteiger partial charge in [-0.1, -0.05) is 12.1 Å². The lowest BCUT2D eigenvalue weighted by Crippen LogP contribution is -2.42. The van der Waals surface area contributed by atoms with Crippen LogP contribution in [0.3, 0.4) is 0 Å². The number of hydrogen-bond acceptors (Lipinski definition) is 7. The molecule has 0 saturated carbocycles. The molecule has 1 atom stereocenters. The van der Waals surface area contributed by atoms with E-state index in [2.05, 4.69) is 10.3 Å². The third-order valence-electron chi connectivity index (χ3n) is 5.03. The number of morpholine rings is 1. The predicted molar refractivity (Wildman–Crippen MR) is 117 cm³/mol. The molecule has 3 heterocycles. The number of nitrogens with zero attached hydrogens (tertiary/aromatic N) is 3. The van der Waals surface area contributed by atoms with Gasteiger partial charge in [0.25, 0.3) is 5.91 Å². The van der Waals surface area contributed by atoms with Crippen molar-refractivity contribution in [2.75, 3.05) is 32.1 Å². The van der Waals surface area contributed by atoms with Crippen LogP contribution in [-0.2, 0) is 4.74 Å².